The third kappa shape index (κ3) is 5.68. The third-order valence-corrected chi connectivity index (χ3v) is 4.93. The molecule has 0 spiro atoms. The van der Waals surface area contributed by atoms with Crippen molar-refractivity contribution in [1.29, 1.82) is 0 Å². The van der Waals surface area contributed by atoms with E-state index in [2.05, 4.69) is 26.5 Å². The molecule has 0 saturated carbocycles. The Balaban J connectivity index is 1.95. The Morgan fingerprint density at radius 2 is 1.96 bits per heavy atom. The van der Waals surface area contributed by atoms with Gasteiger partial charge in [-0.15, -0.1) is 11.8 Å². The van der Waals surface area contributed by atoms with E-state index in [1.807, 2.05) is 62.4 Å². The Morgan fingerprint density at radius 3 is 2.61 bits per heavy atom. The van der Waals surface area contributed by atoms with Gasteiger partial charge in [-0.05, 0) is 55.8 Å². The van der Waals surface area contributed by atoms with Crippen molar-refractivity contribution in [2.75, 3.05) is 0 Å². The fourth-order valence-electron chi connectivity index (χ4n) is 1.78. The van der Waals surface area contributed by atoms with Gasteiger partial charge in [0, 0.05) is 14.4 Å². The van der Waals surface area contributed by atoms with Crippen LogP contribution in [-0.2, 0) is 4.79 Å². The first kappa shape index (κ1) is 18.0. The first-order valence-corrected chi connectivity index (χ1v) is 9.03. The first-order chi connectivity index (χ1) is 11.0. The van der Waals surface area contributed by atoms with Gasteiger partial charge in [-0.1, -0.05) is 39.7 Å². The number of rotatable bonds is 5. The van der Waals surface area contributed by atoms with Gasteiger partial charge < -0.3 is 0 Å². The van der Waals surface area contributed by atoms with Crippen LogP contribution in [0.25, 0.3) is 0 Å². The molecule has 0 aliphatic rings. The van der Waals surface area contributed by atoms with Gasteiger partial charge in [0.2, 0.25) is 0 Å². The molecule has 0 unspecified atom stereocenters. The molecule has 120 valence electrons. The molecule has 0 saturated heterocycles. The van der Waals surface area contributed by atoms with Crippen molar-refractivity contribution in [1.82, 2.24) is 5.43 Å². The molecule has 2 aromatic rings. The van der Waals surface area contributed by atoms with E-state index in [-0.39, 0.29) is 11.2 Å². The predicted octanol–water partition coefficient (Wildman–Crippen LogP) is 5.12. The van der Waals surface area contributed by atoms with E-state index in [9.17, 15) is 4.79 Å². The summed E-state index contributed by atoms with van der Waals surface area (Å²) < 4.78 is 0.975. The van der Waals surface area contributed by atoms with E-state index in [4.69, 9.17) is 11.6 Å². The van der Waals surface area contributed by atoms with Gasteiger partial charge in [0.25, 0.3) is 5.91 Å². The van der Waals surface area contributed by atoms with Crippen LogP contribution in [0.5, 0.6) is 0 Å². The number of hydrazone groups is 1. The highest BCUT2D eigenvalue weighted by atomic mass is 79.9. The van der Waals surface area contributed by atoms with Gasteiger partial charge in [0.15, 0.2) is 0 Å². The number of benzene rings is 2. The predicted molar refractivity (Wildman–Crippen MR) is 101 cm³/mol. The van der Waals surface area contributed by atoms with Crippen LogP contribution in [0.1, 0.15) is 19.4 Å². The number of hydrogen-bond acceptors (Lipinski definition) is 3. The zero-order valence-electron chi connectivity index (χ0n) is 12.7. The quantitative estimate of drug-likeness (QED) is 0.421. The van der Waals surface area contributed by atoms with Crippen molar-refractivity contribution >= 4 is 50.9 Å². The van der Waals surface area contributed by atoms with E-state index < -0.39 is 0 Å². The van der Waals surface area contributed by atoms with Crippen molar-refractivity contribution in [2.45, 2.75) is 24.0 Å². The highest BCUT2D eigenvalue weighted by molar-refractivity contribution is 9.10. The molecule has 0 heterocycles. The van der Waals surface area contributed by atoms with Gasteiger partial charge in [0.05, 0.1) is 11.0 Å². The van der Waals surface area contributed by atoms with E-state index in [0.29, 0.717) is 5.02 Å². The Morgan fingerprint density at radius 1 is 1.26 bits per heavy atom. The second-order valence-electron chi connectivity index (χ2n) is 4.90. The smallest absolute Gasteiger partial charge is 0.253 e. The number of nitrogens with one attached hydrogen (secondary N) is 1. The molecule has 2 rings (SSSR count). The first-order valence-electron chi connectivity index (χ1n) is 6.98. The normalized spacial score (nSPS) is 12.8. The standard InChI is InChI=1S/C17H16BrClN2OS/c1-11(13-4-3-5-14(18)10-13)20-21-17(22)12(2)23-16-8-6-15(19)7-9-16/h3-10,12H,1-2H3,(H,21,22)/b20-11-/t12-/m0/s1. The summed E-state index contributed by atoms with van der Waals surface area (Å²) in [5.74, 6) is -0.140. The Kier molecular flexibility index (Phi) is 6.69. The van der Waals surface area contributed by atoms with Crippen LogP contribution < -0.4 is 5.43 Å². The number of carbonyl (C=O) groups is 1. The molecule has 3 nitrogen and oxygen atoms in total. The molecule has 0 aromatic heterocycles. The summed E-state index contributed by atoms with van der Waals surface area (Å²) in [5.41, 5.74) is 4.33. The Hall–Kier alpha value is -1.30. The van der Waals surface area contributed by atoms with Crippen LogP contribution in [0.2, 0.25) is 5.02 Å². The molecule has 0 aliphatic carbocycles. The molecule has 1 amide bonds. The Bertz CT molecular complexity index is 719. The molecule has 0 fully saturated rings. The van der Waals surface area contributed by atoms with Crippen molar-refractivity contribution < 1.29 is 4.79 Å². The minimum Gasteiger partial charge on any atom is -0.272 e. The van der Waals surface area contributed by atoms with Gasteiger partial charge in [-0.3, -0.25) is 4.79 Å². The van der Waals surface area contributed by atoms with Gasteiger partial charge >= 0.3 is 0 Å². The van der Waals surface area contributed by atoms with Crippen molar-refractivity contribution in [3.63, 3.8) is 0 Å². The lowest BCUT2D eigenvalue weighted by Crippen LogP contribution is -2.27. The average Bonchev–Trinajstić information content (AvgIpc) is 2.54. The van der Waals surface area contributed by atoms with Crippen molar-refractivity contribution in [3.05, 3.63) is 63.6 Å². The number of carbonyl (C=O) groups excluding carboxylic acids is 1. The number of hydrogen-bond donors (Lipinski definition) is 1. The van der Waals surface area contributed by atoms with Crippen molar-refractivity contribution in [3.8, 4) is 0 Å². The lowest BCUT2D eigenvalue weighted by Gasteiger charge is -2.10. The van der Waals surface area contributed by atoms with E-state index in [1.165, 1.54) is 11.8 Å². The van der Waals surface area contributed by atoms with Gasteiger partial charge in [-0.25, -0.2) is 5.43 Å². The summed E-state index contributed by atoms with van der Waals surface area (Å²) in [5, 5.41) is 4.60. The molecule has 6 heteroatoms. The molecule has 0 aliphatic heterocycles. The largest absolute Gasteiger partial charge is 0.272 e. The van der Waals surface area contributed by atoms with E-state index >= 15 is 0 Å². The monoisotopic (exact) mass is 410 g/mol. The van der Waals surface area contributed by atoms with Crippen LogP contribution in [0.3, 0.4) is 0 Å². The fraction of sp³-hybridized carbons (Fsp3) is 0.176. The topological polar surface area (TPSA) is 41.5 Å². The number of nitrogens with zero attached hydrogens (tertiary/aromatic N) is 1. The second-order valence-corrected chi connectivity index (χ2v) is 7.66. The van der Waals surface area contributed by atoms with Crippen molar-refractivity contribution in [2.24, 2.45) is 5.10 Å². The van der Waals surface area contributed by atoms with Crippen LogP contribution in [0, 0.1) is 0 Å². The molecule has 0 radical (unpaired) electrons. The van der Waals surface area contributed by atoms with Crippen LogP contribution >= 0.6 is 39.3 Å². The van der Waals surface area contributed by atoms with E-state index in [0.717, 1.165) is 20.6 Å². The Labute approximate surface area is 153 Å². The maximum absolute atomic E-state index is 12.1. The number of amides is 1. The maximum atomic E-state index is 12.1. The number of thioether (sulfide) groups is 1. The van der Waals surface area contributed by atoms with Crippen LogP contribution in [-0.4, -0.2) is 16.9 Å². The molecular weight excluding hydrogens is 396 g/mol. The zero-order chi connectivity index (χ0) is 16.8. The lowest BCUT2D eigenvalue weighted by molar-refractivity contribution is -0.120. The highest BCUT2D eigenvalue weighted by Gasteiger charge is 2.14. The molecular formula is C17H16BrClN2OS. The number of halogens is 2. The SMILES string of the molecule is C/C(=N/NC(=O)[C@H](C)Sc1ccc(Cl)cc1)c1cccc(Br)c1. The fourth-order valence-corrected chi connectivity index (χ4v) is 3.17. The van der Waals surface area contributed by atoms with Gasteiger partial charge in [-0.2, -0.15) is 5.10 Å². The third-order valence-electron chi connectivity index (χ3n) is 3.07. The minimum absolute atomic E-state index is 0.140. The summed E-state index contributed by atoms with van der Waals surface area (Å²) in [6, 6.07) is 15.2. The highest BCUT2D eigenvalue weighted by Crippen LogP contribution is 2.24. The van der Waals surface area contributed by atoms with Crippen LogP contribution in [0.15, 0.2) is 63.0 Å². The molecule has 23 heavy (non-hydrogen) atoms. The molecule has 1 atom stereocenters. The summed E-state index contributed by atoms with van der Waals surface area (Å²) in [7, 11) is 0. The van der Waals surface area contributed by atoms with E-state index in [1.54, 1.807) is 0 Å². The zero-order valence-corrected chi connectivity index (χ0v) is 15.9. The summed E-state index contributed by atoms with van der Waals surface area (Å²) in [6.07, 6.45) is 0. The maximum Gasteiger partial charge on any atom is 0.253 e. The summed E-state index contributed by atoms with van der Waals surface area (Å²) in [6.45, 7) is 3.71. The molecule has 1 N–H and O–H groups in total. The average molecular weight is 412 g/mol. The lowest BCUT2D eigenvalue weighted by atomic mass is 10.1. The second kappa shape index (κ2) is 8.52. The minimum atomic E-state index is -0.254. The molecule has 0 bridgehead atoms. The summed E-state index contributed by atoms with van der Waals surface area (Å²) >= 11 is 10.7. The van der Waals surface area contributed by atoms with Crippen LogP contribution in [0.4, 0.5) is 0 Å². The summed E-state index contributed by atoms with van der Waals surface area (Å²) in [4.78, 5) is 13.1. The van der Waals surface area contributed by atoms with Gasteiger partial charge in [0.1, 0.15) is 0 Å². The molecule has 2 aromatic carbocycles.